The first kappa shape index (κ1) is 16.0. The summed E-state index contributed by atoms with van der Waals surface area (Å²) in [5.41, 5.74) is 3.33. The van der Waals surface area contributed by atoms with Crippen LogP contribution < -0.4 is 0 Å². The number of aryl methyl sites for hydroxylation is 3. The van der Waals surface area contributed by atoms with Crippen LogP contribution in [0.4, 0.5) is 0 Å². The molecule has 0 saturated heterocycles. The summed E-state index contributed by atoms with van der Waals surface area (Å²) in [4.78, 5) is 0. The van der Waals surface area contributed by atoms with Gasteiger partial charge < -0.3 is 0 Å². The highest BCUT2D eigenvalue weighted by atomic mass is 14.3. The van der Waals surface area contributed by atoms with E-state index in [1.54, 1.807) is 0 Å². The maximum absolute atomic E-state index is 9.66. The Morgan fingerprint density at radius 2 is 1.20 bits per heavy atom. The van der Waals surface area contributed by atoms with Crippen molar-refractivity contribution in [2.24, 2.45) is 0 Å². The zero-order valence-electron chi connectivity index (χ0n) is 14.0. The average Bonchev–Trinajstić information content (AvgIpc) is 2.62. The lowest BCUT2D eigenvalue weighted by atomic mass is 9.85. The second-order valence-corrected chi connectivity index (χ2v) is 5.98. The summed E-state index contributed by atoms with van der Waals surface area (Å²) >= 11 is 0. The molecule has 0 saturated carbocycles. The second-order valence-electron chi connectivity index (χ2n) is 5.98. The molecule has 0 radical (unpaired) electrons. The molecule has 4 nitrogen and oxygen atoms in total. The Hall–Kier alpha value is -3.86. The highest BCUT2D eigenvalue weighted by Crippen LogP contribution is 2.37. The van der Waals surface area contributed by atoms with Crippen LogP contribution in [0.3, 0.4) is 0 Å². The number of hydrogen-bond donors (Lipinski definition) is 0. The molecule has 0 aliphatic heterocycles. The molecule has 0 unspecified atom stereocenters. The summed E-state index contributed by atoms with van der Waals surface area (Å²) in [6, 6.07) is 13.8. The van der Waals surface area contributed by atoms with E-state index in [0.29, 0.717) is 10.8 Å². The van der Waals surface area contributed by atoms with E-state index in [4.69, 9.17) is 0 Å². The Bertz CT molecular complexity index is 1250. The molecule has 0 aliphatic rings. The van der Waals surface area contributed by atoms with Gasteiger partial charge in [-0.3, -0.25) is 0 Å². The molecule has 0 aromatic heterocycles. The highest BCUT2D eigenvalue weighted by molar-refractivity contribution is 6.09. The standard InChI is InChI=1S/C21H12N4/c1-11-4-5-14-6-15-16(7-22)17(8-23)18(9-24)19(10-25)21(15)13(3)20(14)12(11)2/h4-6H,1-3H3. The topological polar surface area (TPSA) is 95.2 Å². The summed E-state index contributed by atoms with van der Waals surface area (Å²) in [5.74, 6) is 0. The second kappa shape index (κ2) is 5.65. The number of rotatable bonds is 0. The van der Waals surface area contributed by atoms with Crippen LogP contribution in [0.25, 0.3) is 21.5 Å². The zero-order chi connectivity index (χ0) is 18.3. The van der Waals surface area contributed by atoms with Gasteiger partial charge in [-0.15, -0.1) is 0 Å². The van der Waals surface area contributed by atoms with Crippen molar-refractivity contribution >= 4 is 21.5 Å². The Kier molecular flexibility index (Phi) is 3.62. The molecule has 0 N–H and O–H groups in total. The van der Waals surface area contributed by atoms with E-state index in [1.165, 1.54) is 0 Å². The van der Waals surface area contributed by atoms with Gasteiger partial charge in [0.25, 0.3) is 0 Å². The van der Waals surface area contributed by atoms with Crippen LogP contribution in [-0.4, -0.2) is 0 Å². The summed E-state index contributed by atoms with van der Waals surface area (Å²) in [6.45, 7) is 5.93. The largest absolute Gasteiger partial charge is 0.192 e. The van der Waals surface area contributed by atoms with Crippen molar-refractivity contribution in [2.45, 2.75) is 20.8 Å². The summed E-state index contributed by atoms with van der Waals surface area (Å²) < 4.78 is 0. The van der Waals surface area contributed by atoms with Gasteiger partial charge in [-0.1, -0.05) is 12.1 Å². The third kappa shape index (κ3) is 2.03. The van der Waals surface area contributed by atoms with E-state index in [0.717, 1.165) is 27.5 Å². The first-order valence-electron chi connectivity index (χ1n) is 7.63. The van der Waals surface area contributed by atoms with Gasteiger partial charge in [0.2, 0.25) is 0 Å². The number of nitriles is 4. The quantitative estimate of drug-likeness (QED) is 0.573. The number of hydrogen-bond acceptors (Lipinski definition) is 4. The third-order valence-electron chi connectivity index (χ3n) is 4.80. The lowest BCUT2D eigenvalue weighted by Crippen LogP contribution is -2.00. The fraction of sp³-hybridized carbons (Fsp3) is 0.143. The Balaban J connectivity index is 2.79. The minimum atomic E-state index is -0.0309. The lowest BCUT2D eigenvalue weighted by molar-refractivity contribution is 1.36. The van der Waals surface area contributed by atoms with Crippen molar-refractivity contribution in [3.05, 3.63) is 57.1 Å². The lowest BCUT2D eigenvalue weighted by Gasteiger charge is -2.15. The fourth-order valence-electron chi connectivity index (χ4n) is 3.49. The van der Waals surface area contributed by atoms with E-state index in [9.17, 15) is 21.0 Å². The summed E-state index contributed by atoms with van der Waals surface area (Å²) in [7, 11) is 0. The Labute approximate surface area is 145 Å². The predicted molar refractivity (Wildman–Crippen MR) is 94.5 cm³/mol. The average molecular weight is 320 g/mol. The molecule has 3 aromatic carbocycles. The zero-order valence-corrected chi connectivity index (χ0v) is 14.0. The van der Waals surface area contributed by atoms with Gasteiger partial charge in [0, 0.05) is 10.8 Å². The highest BCUT2D eigenvalue weighted by Gasteiger charge is 2.22. The molecule has 0 atom stereocenters. The molecular weight excluding hydrogens is 308 g/mol. The normalized spacial score (nSPS) is 10.0. The van der Waals surface area contributed by atoms with Crippen molar-refractivity contribution in [1.82, 2.24) is 0 Å². The first-order valence-corrected chi connectivity index (χ1v) is 7.63. The molecule has 0 spiro atoms. The van der Waals surface area contributed by atoms with Gasteiger partial charge >= 0.3 is 0 Å². The molecule has 116 valence electrons. The van der Waals surface area contributed by atoms with E-state index in [1.807, 2.05) is 51.1 Å². The number of nitrogens with zero attached hydrogens (tertiary/aromatic N) is 4. The number of fused-ring (bicyclic) bond motifs is 2. The van der Waals surface area contributed by atoms with Crippen molar-refractivity contribution in [2.75, 3.05) is 0 Å². The van der Waals surface area contributed by atoms with Crippen molar-refractivity contribution in [3.8, 4) is 24.3 Å². The molecule has 3 rings (SSSR count). The SMILES string of the molecule is Cc1ccc2cc3c(C#N)c(C#N)c(C#N)c(C#N)c3c(C)c2c1C. The molecule has 0 amide bonds. The smallest absolute Gasteiger partial charge is 0.102 e. The van der Waals surface area contributed by atoms with Crippen LogP contribution >= 0.6 is 0 Å². The van der Waals surface area contributed by atoms with Crippen LogP contribution in [0.5, 0.6) is 0 Å². The van der Waals surface area contributed by atoms with Crippen LogP contribution in [0, 0.1) is 66.1 Å². The molecule has 0 aliphatic carbocycles. The van der Waals surface area contributed by atoms with Crippen LogP contribution in [0.1, 0.15) is 38.9 Å². The Morgan fingerprint density at radius 1 is 0.640 bits per heavy atom. The molecule has 0 fully saturated rings. The van der Waals surface area contributed by atoms with Gasteiger partial charge in [-0.25, -0.2) is 0 Å². The van der Waals surface area contributed by atoms with E-state index in [2.05, 4.69) is 12.1 Å². The van der Waals surface area contributed by atoms with E-state index < -0.39 is 0 Å². The minimum absolute atomic E-state index is 0.0261. The Morgan fingerprint density at radius 3 is 1.76 bits per heavy atom. The maximum Gasteiger partial charge on any atom is 0.102 e. The molecule has 0 heterocycles. The first-order chi connectivity index (χ1) is 12.0. The van der Waals surface area contributed by atoms with Gasteiger partial charge in [0.05, 0.1) is 22.3 Å². The van der Waals surface area contributed by atoms with Crippen molar-refractivity contribution in [3.63, 3.8) is 0 Å². The van der Waals surface area contributed by atoms with Gasteiger partial charge in [0.15, 0.2) is 0 Å². The van der Waals surface area contributed by atoms with Crippen LogP contribution in [0.15, 0.2) is 18.2 Å². The summed E-state index contributed by atoms with van der Waals surface area (Å²) in [5, 5.41) is 41.3. The minimum Gasteiger partial charge on any atom is -0.192 e. The molecule has 4 heteroatoms. The third-order valence-corrected chi connectivity index (χ3v) is 4.80. The van der Waals surface area contributed by atoms with Crippen molar-refractivity contribution in [1.29, 1.82) is 21.0 Å². The van der Waals surface area contributed by atoms with Gasteiger partial charge in [0.1, 0.15) is 24.3 Å². The van der Waals surface area contributed by atoms with E-state index in [-0.39, 0.29) is 22.3 Å². The van der Waals surface area contributed by atoms with Crippen LogP contribution in [0.2, 0.25) is 0 Å². The maximum atomic E-state index is 9.66. The molecule has 25 heavy (non-hydrogen) atoms. The monoisotopic (exact) mass is 320 g/mol. The molecule has 3 aromatic rings. The van der Waals surface area contributed by atoms with E-state index >= 15 is 0 Å². The number of benzene rings is 3. The molecular formula is C21H12N4. The van der Waals surface area contributed by atoms with Gasteiger partial charge in [-0.2, -0.15) is 21.0 Å². The van der Waals surface area contributed by atoms with Gasteiger partial charge in [-0.05, 0) is 54.3 Å². The molecule has 0 bridgehead atoms. The fourth-order valence-corrected chi connectivity index (χ4v) is 3.49. The predicted octanol–water partition coefficient (Wildman–Crippen LogP) is 4.40. The van der Waals surface area contributed by atoms with Crippen molar-refractivity contribution < 1.29 is 0 Å². The van der Waals surface area contributed by atoms with Crippen LogP contribution in [-0.2, 0) is 0 Å². The summed E-state index contributed by atoms with van der Waals surface area (Å²) in [6.07, 6.45) is 0.